The molecule has 1 saturated heterocycles. The molecule has 14 heavy (non-hydrogen) atoms. The van der Waals surface area contributed by atoms with E-state index < -0.39 is 0 Å². The van der Waals surface area contributed by atoms with E-state index in [4.69, 9.17) is 9.47 Å². The second-order valence-electron chi connectivity index (χ2n) is 4.40. The van der Waals surface area contributed by atoms with Gasteiger partial charge in [0.25, 0.3) is 0 Å². The molecule has 1 rings (SSSR count). The largest absolute Gasteiger partial charge is 0.462 e. The van der Waals surface area contributed by atoms with E-state index in [2.05, 4.69) is 20.4 Å². The molecule has 0 spiro atoms. The van der Waals surface area contributed by atoms with Gasteiger partial charge in [-0.25, -0.2) is 4.79 Å². The maximum atomic E-state index is 10.9. The van der Waals surface area contributed by atoms with Crippen molar-refractivity contribution in [1.29, 1.82) is 0 Å². The first-order chi connectivity index (χ1) is 6.58. The third-order valence-electron chi connectivity index (χ3n) is 2.35. The minimum absolute atomic E-state index is 0.0623. The van der Waals surface area contributed by atoms with Gasteiger partial charge in [0.2, 0.25) is 0 Å². The molecule has 0 aromatic carbocycles. The number of ether oxygens (including phenoxy) is 2. The van der Waals surface area contributed by atoms with Crippen LogP contribution in [0.5, 0.6) is 0 Å². The Balaban J connectivity index is 2.37. The Kier molecular flexibility index (Phi) is 3.69. The molecule has 80 valence electrons. The van der Waals surface area contributed by atoms with Crippen LogP contribution < -0.4 is 0 Å². The monoisotopic (exact) mass is 198 g/mol. The van der Waals surface area contributed by atoms with Crippen molar-refractivity contribution in [3.8, 4) is 0 Å². The Bertz CT molecular complexity index is 217. The molecule has 0 atom stereocenters. The first kappa shape index (κ1) is 11.2. The maximum Gasteiger partial charge on any atom is 0.330 e. The van der Waals surface area contributed by atoms with Gasteiger partial charge in [0.1, 0.15) is 6.61 Å². The van der Waals surface area contributed by atoms with Gasteiger partial charge >= 0.3 is 5.97 Å². The van der Waals surface area contributed by atoms with E-state index in [1.54, 1.807) is 0 Å². The molecule has 0 aromatic rings. The minimum atomic E-state index is -0.347. The molecular formula is C11H18O3. The summed E-state index contributed by atoms with van der Waals surface area (Å²) in [6.45, 7) is 9.55. The standard InChI is InChI=1S/C11H18O3/c1-4-10(12)14-8-11(5-9(2)3)6-13-7-11/h4,9H,1,5-8H2,2-3H3. The number of hydrogen-bond acceptors (Lipinski definition) is 3. The van der Waals surface area contributed by atoms with Gasteiger partial charge in [0.15, 0.2) is 0 Å². The number of esters is 1. The average Bonchev–Trinajstić information content (AvgIpc) is 2.08. The first-order valence-corrected chi connectivity index (χ1v) is 4.95. The number of carbonyl (C=O) groups excluding carboxylic acids is 1. The van der Waals surface area contributed by atoms with Crippen molar-refractivity contribution >= 4 is 5.97 Å². The quantitative estimate of drug-likeness (QED) is 0.499. The van der Waals surface area contributed by atoms with Crippen molar-refractivity contribution in [2.45, 2.75) is 20.3 Å². The highest BCUT2D eigenvalue weighted by Gasteiger charge is 2.40. The highest BCUT2D eigenvalue weighted by atomic mass is 16.5. The third-order valence-corrected chi connectivity index (χ3v) is 2.35. The highest BCUT2D eigenvalue weighted by Crippen LogP contribution is 2.34. The zero-order valence-electron chi connectivity index (χ0n) is 8.91. The van der Waals surface area contributed by atoms with Crippen LogP contribution in [0.15, 0.2) is 12.7 Å². The Hall–Kier alpha value is -0.830. The smallest absolute Gasteiger partial charge is 0.330 e. The topological polar surface area (TPSA) is 35.5 Å². The van der Waals surface area contributed by atoms with Crippen LogP contribution in [0.25, 0.3) is 0 Å². The van der Waals surface area contributed by atoms with Crippen molar-refractivity contribution < 1.29 is 14.3 Å². The van der Waals surface area contributed by atoms with E-state index in [0.717, 1.165) is 6.42 Å². The molecule has 0 N–H and O–H groups in total. The zero-order chi connectivity index (χ0) is 10.6. The lowest BCUT2D eigenvalue weighted by Gasteiger charge is -2.41. The van der Waals surface area contributed by atoms with Crippen LogP contribution in [-0.4, -0.2) is 25.8 Å². The van der Waals surface area contributed by atoms with E-state index in [-0.39, 0.29) is 11.4 Å². The minimum Gasteiger partial charge on any atom is -0.462 e. The van der Waals surface area contributed by atoms with E-state index in [0.29, 0.717) is 25.7 Å². The summed E-state index contributed by atoms with van der Waals surface area (Å²) in [7, 11) is 0. The van der Waals surface area contributed by atoms with E-state index in [1.807, 2.05) is 0 Å². The molecule has 0 aromatic heterocycles. The molecule has 1 fully saturated rings. The highest BCUT2D eigenvalue weighted by molar-refractivity contribution is 5.81. The van der Waals surface area contributed by atoms with E-state index in [1.165, 1.54) is 6.08 Å². The summed E-state index contributed by atoms with van der Waals surface area (Å²) >= 11 is 0. The number of carbonyl (C=O) groups is 1. The fourth-order valence-corrected chi connectivity index (χ4v) is 1.80. The normalized spacial score (nSPS) is 18.8. The van der Waals surface area contributed by atoms with Crippen LogP contribution in [0, 0.1) is 11.3 Å². The van der Waals surface area contributed by atoms with Gasteiger partial charge in [-0.15, -0.1) is 0 Å². The SMILES string of the molecule is C=CC(=O)OCC1(CC(C)C)COC1. The molecule has 0 radical (unpaired) electrons. The molecule has 0 amide bonds. The van der Waals surface area contributed by atoms with E-state index in [9.17, 15) is 4.79 Å². The van der Waals surface area contributed by atoms with Gasteiger partial charge in [-0.3, -0.25) is 0 Å². The Morgan fingerprint density at radius 2 is 2.29 bits per heavy atom. The predicted molar refractivity (Wildman–Crippen MR) is 53.9 cm³/mol. The first-order valence-electron chi connectivity index (χ1n) is 4.95. The van der Waals surface area contributed by atoms with Crippen molar-refractivity contribution in [3.05, 3.63) is 12.7 Å². The lowest BCUT2D eigenvalue weighted by Crippen LogP contribution is -2.47. The Morgan fingerprint density at radius 1 is 1.64 bits per heavy atom. The molecule has 0 bridgehead atoms. The van der Waals surface area contributed by atoms with Crippen molar-refractivity contribution in [3.63, 3.8) is 0 Å². The van der Waals surface area contributed by atoms with Gasteiger partial charge in [-0.2, -0.15) is 0 Å². The maximum absolute atomic E-state index is 10.9. The molecule has 1 aliphatic rings. The fourth-order valence-electron chi connectivity index (χ4n) is 1.80. The molecule has 1 heterocycles. The van der Waals surface area contributed by atoms with Crippen LogP contribution in [0.2, 0.25) is 0 Å². The lowest BCUT2D eigenvalue weighted by atomic mass is 9.79. The van der Waals surface area contributed by atoms with Gasteiger partial charge in [0.05, 0.1) is 18.6 Å². The van der Waals surface area contributed by atoms with Crippen LogP contribution in [-0.2, 0) is 14.3 Å². The zero-order valence-corrected chi connectivity index (χ0v) is 8.91. The molecule has 1 aliphatic heterocycles. The molecular weight excluding hydrogens is 180 g/mol. The summed E-state index contributed by atoms with van der Waals surface area (Å²) in [5.74, 6) is 0.251. The lowest BCUT2D eigenvalue weighted by molar-refractivity contribution is -0.170. The molecule has 0 aliphatic carbocycles. The summed E-state index contributed by atoms with van der Waals surface area (Å²) in [5.41, 5.74) is 0.0623. The van der Waals surface area contributed by atoms with Crippen molar-refractivity contribution in [2.75, 3.05) is 19.8 Å². The average molecular weight is 198 g/mol. The predicted octanol–water partition coefficient (Wildman–Crippen LogP) is 1.78. The molecule has 3 heteroatoms. The summed E-state index contributed by atoms with van der Waals surface area (Å²) in [5, 5.41) is 0. The van der Waals surface area contributed by atoms with Crippen LogP contribution in [0.4, 0.5) is 0 Å². The van der Waals surface area contributed by atoms with Crippen LogP contribution >= 0.6 is 0 Å². The van der Waals surface area contributed by atoms with Crippen LogP contribution in [0.1, 0.15) is 20.3 Å². The molecule has 3 nitrogen and oxygen atoms in total. The van der Waals surface area contributed by atoms with Gasteiger partial charge < -0.3 is 9.47 Å². The van der Waals surface area contributed by atoms with Gasteiger partial charge in [0, 0.05) is 6.08 Å². The fraction of sp³-hybridized carbons (Fsp3) is 0.727. The summed E-state index contributed by atoms with van der Waals surface area (Å²) in [6.07, 6.45) is 2.24. The van der Waals surface area contributed by atoms with E-state index >= 15 is 0 Å². The summed E-state index contributed by atoms with van der Waals surface area (Å²) in [6, 6.07) is 0. The third kappa shape index (κ3) is 2.84. The van der Waals surface area contributed by atoms with Gasteiger partial charge in [-0.1, -0.05) is 20.4 Å². The second-order valence-corrected chi connectivity index (χ2v) is 4.40. The van der Waals surface area contributed by atoms with Crippen molar-refractivity contribution in [2.24, 2.45) is 11.3 Å². The Morgan fingerprint density at radius 3 is 2.64 bits per heavy atom. The van der Waals surface area contributed by atoms with Crippen molar-refractivity contribution in [1.82, 2.24) is 0 Å². The van der Waals surface area contributed by atoms with Gasteiger partial charge in [-0.05, 0) is 12.3 Å². The second kappa shape index (κ2) is 4.60. The summed E-state index contributed by atoms with van der Waals surface area (Å²) < 4.78 is 10.3. The summed E-state index contributed by atoms with van der Waals surface area (Å²) in [4.78, 5) is 10.9. The number of hydrogen-bond donors (Lipinski definition) is 0. The Labute approximate surface area is 85.1 Å². The van der Waals surface area contributed by atoms with Crippen LogP contribution in [0.3, 0.4) is 0 Å². The molecule has 0 unspecified atom stereocenters. The number of rotatable bonds is 5. The molecule has 0 saturated carbocycles.